The summed E-state index contributed by atoms with van der Waals surface area (Å²) >= 11 is 0. The summed E-state index contributed by atoms with van der Waals surface area (Å²) in [5.41, 5.74) is 0. The van der Waals surface area contributed by atoms with Crippen LogP contribution in [0, 0.1) is 0 Å². The van der Waals surface area contributed by atoms with Gasteiger partial charge in [-0.25, -0.2) is 0 Å². The highest BCUT2D eigenvalue weighted by atomic mass is 16.5. The van der Waals surface area contributed by atoms with Gasteiger partial charge in [0.25, 0.3) is 0 Å². The first kappa shape index (κ1) is 19.2. The second kappa shape index (κ2) is 16.3. The van der Waals surface area contributed by atoms with E-state index in [-0.39, 0.29) is 5.97 Å². The zero-order valence-electron chi connectivity index (χ0n) is 13.7. The summed E-state index contributed by atoms with van der Waals surface area (Å²) < 4.78 is 5.08. The summed E-state index contributed by atoms with van der Waals surface area (Å²) in [5.74, 6) is -0.0920. The highest BCUT2D eigenvalue weighted by molar-refractivity contribution is 5.71. The van der Waals surface area contributed by atoms with Crippen LogP contribution in [-0.2, 0) is 9.53 Å². The third-order valence-electron chi connectivity index (χ3n) is 3.44. The molecule has 0 aliphatic heterocycles. The van der Waals surface area contributed by atoms with Gasteiger partial charge in [-0.2, -0.15) is 0 Å². The van der Waals surface area contributed by atoms with E-state index in [4.69, 9.17) is 4.74 Å². The van der Waals surface area contributed by atoms with E-state index in [2.05, 4.69) is 19.9 Å². The predicted molar refractivity (Wildman–Crippen MR) is 86.9 cm³/mol. The lowest BCUT2D eigenvalue weighted by molar-refractivity contribution is -0.142. The normalized spacial score (nSPS) is 11.1. The summed E-state index contributed by atoms with van der Waals surface area (Å²) in [4.78, 5) is 11.3. The molecule has 0 bridgehead atoms. The van der Waals surface area contributed by atoms with Crippen molar-refractivity contribution in [3.63, 3.8) is 0 Å². The molecule has 20 heavy (non-hydrogen) atoms. The van der Waals surface area contributed by atoms with Gasteiger partial charge in [0, 0.05) is 0 Å². The molecule has 0 aromatic heterocycles. The van der Waals surface area contributed by atoms with Crippen LogP contribution in [0.4, 0.5) is 0 Å². The van der Waals surface area contributed by atoms with Crippen molar-refractivity contribution in [1.29, 1.82) is 0 Å². The molecule has 0 radical (unpaired) electrons. The van der Waals surface area contributed by atoms with E-state index in [1.165, 1.54) is 51.4 Å². The number of hydrogen-bond donors (Lipinski definition) is 0. The smallest absolute Gasteiger partial charge is 0.309 e. The Morgan fingerprint density at radius 3 is 2.05 bits per heavy atom. The Bertz CT molecular complexity index is 234. The van der Waals surface area contributed by atoms with Crippen LogP contribution in [0.15, 0.2) is 12.2 Å². The number of rotatable bonds is 14. The summed E-state index contributed by atoms with van der Waals surface area (Å²) in [5, 5.41) is 0. The zero-order valence-corrected chi connectivity index (χ0v) is 13.7. The maximum Gasteiger partial charge on any atom is 0.309 e. The molecule has 0 spiro atoms. The van der Waals surface area contributed by atoms with Crippen molar-refractivity contribution in [3.05, 3.63) is 12.2 Å². The third kappa shape index (κ3) is 15.3. The minimum Gasteiger partial charge on any atom is -0.465 e. The number of allylic oxidation sites excluding steroid dienone is 1. The van der Waals surface area contributed by atoms with Gasteiger partial charge in [-0.15, -0.1) is 0 Å². The number of ether oxygens (including phenoxy) is 1. The SMILES string of the molecule is CCCCCCCCCCC=CCC(=O)OCCCC. The lowest BCUT2D eigenvalue weighted by atomic mass is 10.1. The van der Waals surface area contributed by atoms with E-state index in [0.29, 0.717) is 13.0 Å². The van der Waals surface area contributed by atoms with Crippen molar-refractivity contribution in [1.82, 2.24) is 0 Å². The molecular weight excluding hydrogens is 248 g/mol. The summed E-state index contributed by atoms with van der Waals surface area (Å²) in [6, 6.07) is 0. The topological polar surface area (TPSA) is 26.3 Å². The Morgan fingerprint density at radius 2 is 1.40 bits per heavy atom. The minimum atomic E-state index is -0.0920. The van der Waals surface area contributed by atoms with Crippen molar-refractivity contribution in [2.75, 3.05) is 6.61 Å². The maximum absolute atomic E-state index is 11.3. The van der Waals surface area contributed by atoms with Gasteiger partial charge in [0.2, 0.25) is 0 Å². The number of carbonyl (C=O) groups is 1. The zero-order chi connectivity index (χ0) is 14.9. The van der Waals surface area contributed by atoms with Crippen molar-refractivity contribution < 1.29 is 9.53 Å². The van der Waals surface area contributed by atoms with E-state index in [1.54, 1.807) is 0 Å². The molecule has 0 aliphatic rings. The Kier molecular flexibility index (Phi) is 15.6. The van der Waals surface area contributed by atoms with Crippen LogP contribution in [0.1, 0.15) is 90.9 Å². The lowest BCUT2D eigenvalue weighted by Gasteiger charge is -2.01. The van der Waals surface area contributed by atoms with Gasteiger partial charge in [-0.05, 0) is 19.3 Å². The van der Waals surface area contributed by atoms with Crippen LogP contribution < -0.4 is 0 Å². The molecule has 0 N–H and O–H groups in total. The van der Waals surface area contributed by atoms with Gasteiger partial charge in [-0.3, -0.25) is 4.79 Å². The summed E-state index contributed by atoms with van der Waals surface area (Å²) in [6.45, 7) is 4.92. The first-order valence-electron chi connectivity index (χ1n) is 8.61. The quantitative estimate of drug-likeness (QED) is 0.228. The monoisotopic (exact) mass is 282 g/mol. The number of carbonyl (C=O) groups excluding carboxylic acids is 1. The fraction of sp³-hybridized carbons (Fsp3) is 0.833. The molecule has 0 heterocycles. The van der Waals surface area contributed by atoms with Gasteiger partial charge in [0.15, 0.2) is 0 Å². The molecule has 0 fully saturated rings. The fourth-order valence-corrected chi connectivity index (χ4v) is 2.08. The van der Waals surface area contributed by atoms with E-state index >= 15 is 0 Å². The van der Waals surface area contributed by atoms with Crippen molar-refractivity contribution in [2.24, 2.45) is 0 Å². The molecule has 2 heteroatoms. The number of hydrogen-bond acceptors (Lipinski definition) is 2. The van der Waals surface area contributed by atoms with Crippen LogP contribution in [-0.4, -0.2) is 12.6 Å². The molecule has 2 nitrogen and oxygen atoms in total. The Balaban J connectivity index is 3.21. The average Bonchev–Trinajstić information content (AvgIpc) is 2.45. The van der Waals surface area contributed by atoms with Crippen LogP contribution in [0.3, 0.4) is 0 Å². The molecule has 0 amide bonds. The molecule has 0 saturated carbocycles. The summed E-state index contributed by atoms with van der Waals surface area (Å²) in [7, 11) is 0. The van der Waals surface area contributed by atoms with Crippen molar-refractivity contribution in [2.45, 2.75) is 90.9 Å². The first-order chi connectivity index (χ1) is 9.81. The van der Waals surface area contributed by atoms with Crippen molar-refractivity contribution >= 4 is 5.97 Å². The molecule has 0 unspecified atom stereocenters. The van der Waals surface area contributed by atoms with E-state index in [1.807, 2.05) is 6.08 Å². The molecule has 0 aromatic rings. The molecule has 0 aliphatic carbocycles. The van der Waals surface area contributed by atoms with E-state index in [9.17, 15) is 4.79 Å². The van der Waals surface area contributed by atoms with Crippen LogP contribution in [0.2, 0.25) is 0 Å². The largest absolute Gasteiger partial charge is 0.465 e. The molecule has 0 atom stereocenters. The molecule has 0 aromatic carbocycles. The highest BCUT2D eigenvalue weighted by Gasteiger charge is 1.97. The van der Waals surface area contributed by atoms with E-state index in [0.717, 1.165) is 19.3 Å². The van der Waals surface area contributed by atoms with Crippen LogP contribution in [0.5, 0.6) is 0 Å². The Hall–Kier alpha value is -0.790. The molecule has 0 rings (SSSR count). The van der Waals surface area contributed by atoms with Gasteiger partial charge in [-0.1, -0.05) is 77.4 Å². The van der Waals surface area contributed by atoms with Crippen LogP contribution in [0.25, 0.3) is 0 Å². The standard InChI is InChI=1S/C18H34O2/c1-3-5-7-8-9-10-11-12-13-14-15-16-18(19)20-17-6-4-2/h14-15H,3-13,16-17H2,1-2H3. The Labute approximate surface area is 126 Å². The third-order valence-corrected chi connectivity index (χ3v) is 3.44. The van der Waals surface area contributed by atoms with Gasteiger partial charge < -0.3 is 4.74 Å². The number of unbranched alkanes of at least 4 members (excludes halogenated alkanes) is 9. The lowest BCUT2D eigenvalue weighted by Crippen LogP contribution is -2.03. The Morgan fingerprint density at radius 1 is 0.800 bits per heavy atom. The second-order valence-electron chi connectivity index (χ2n) is 5.51. The van der Waals surface area contributed by atoms with Gasteiger partial charge >= 0.3 is 5.97 Å². The van der Waals surface area contributed by atoms with Gasteiger partial charge in [0.1, 0.15) is 0 Å². The first-order valence-corrected chi connectivity index (χ1v) is 8.61. The average molecular weight is 282 g/mol. The maximum atomic E-state index is 11.3. The summed E-state index contributed by atoms with van der Waals surface area (Å²) in [6.07, 6.45) is 18.4. The van der Waals surface area contributed by atoms with Crippen molar-refractivity contribution in [3.8, 4) is 0 Å². The van der Waals surface area contributed by atoms with Crippen LogP contribution >= 0.6 is 0 Å². The van der Waals surface area contributed by atoms with E-state index < -0.39 is 0 Å². The minimum absolute atomic E-state index is 0.0920. The molecule has 118 valence electrons. The fourth-order valence-electron chi connectivity index (χ4n) is 2.08. The van der Waals surface area contributed by atoms with Gasteiger partial charge in [0.05, 0.1) is 13.0 Å². The predicted octanol–water partition coefficient (Wildman–Crippen LogP) is 5.81. The second-order valence-corrected chi connectivity index (χ2v) is 5.51. The number of esters is 1. The highest BCUT2D eigenvalue weighted by Crippen LogP contribution is 2.09. The molecule has 0 saturated heterocycles. The molecular formula is C18H34O2.